The summed E-state index contributed by atoms with van der Waals surface area (Å²) in [5.41, 5.74) is 1.34. The molecule has 1 N–H and O–H groups in total. The molecule has 1 fully saturated rings. The highest BCUT2D eigenvalue weighted by atomic mass is 35.5. The number of methoxy groups -OCH3 is 1. The summed E-state index contributed by atoms with van der Waals surface area (Å²) in [6.45, 7) is 1.58. The van der Waals surface area contributed by atoms with Crippen LogP contribution in [-0.4, -0.2) is 38.7 Å². The van der Waals surface area contributed by atoms with Crippen molar-refractivity contribution in [3.05, 3.63) is 69.2 Å². The number of esters is 1. The number of benzene rings is 2. The van der Waals surface area contributed by atoms with Gasteiger partial charge in [0.25, 0.3) is 5.91 Å². The monoisotopic (exact) mass is 421 g/mol. The molecule has 1 heterocycles. The molecule has 0 aromatic heterocycles. The lowest BCUT2D eigenvalue weighted by atomic mass is 9.74. The maximum Gasteiger partial charge on any atom is 0.337 e. The van der Waals surface area contributed by atoms with E-state index in [9.17, 15) is 9.59 Å². The molecule has 0 unspecified atom stereocenters. The minimum Gasteiger partial charge on any atom is -0.465 e. The molecule has 1 amide bonds. The number of amides is 1. The predicted octanol–water partition coefficient (Wildman–Crippen LogP) is 4.26. The van der Waals surface area contributed by atoms with E-state index < -0.39 is 5.97 Å². The zero-order valence-electron chi connectivity index (χ0n) is 15.5. The van der Waals surface area contributed by atoms with E-state index in [0.29, 0.717) is 40.9 Å². The van der Waals surface area contributed by atoms with Crippen LogP contribution in [0.1, 0.15) is 39.1 Å². The maximum atomic E-state index is 12.7. The first-order chi connectivity index (χ1) is 13.4. The van der Waals surface area contributed by atoms with E-state index in [2.05, 4.69) is 5.32 Å². The number of carbonyl (C=O) groups is 2. The fourth-order valence-corrected chi connectivity index (χ4v) is 4.09. The van der Waals surface area contributed by atoms with Gasteiger partial charge in [0.2, 0.25) is 0 Å². The van der Waals surface area contributed by atoms with Gasteiger partial charge in [-0.15, -0.1) is 0 Å². The number of nitrogens with one attached hydrogen (secondary N) is 1. The fourth-order valence-electron chi connectivity index (χ4n) is 3.48. The van der Waals surface area contributed by atoms with Crippen LogP contribution in [0.15, 0.2) is 42.5 Å². The van der Waals surface area contributed by atoms with Crippen LogP contribution in [0.4, 0.5) is 0 Å². The summed E-state index contributed by atoms with van der Waals surface area (Å²) >= 11 is 12.5. The fraction of sp³-hybridized carbons (Fsp3) is 0.333. The van der Waals surface area contributed by atoms with Crippen LogP contribution in [0.3, 0.4) is 0 Å². The number of carbonyl (C=O) groups excluding carboxylic acids is 2. The van der Waals surface area contributed by atoms with Crippen molar-refractivity contribution in [2.75, 3.05) is 26.9 Å². The Balaban J connectivity index is 1.81. The molecular weight excluding hydrogens is 401 g/mol. The Labute approximate surface area is 173 Å². The molecule has 0 saturated carbocycles. The van der Waals surface area contributed by atoms with E-state index >= 15 is 0 Å². The van der Waals surface area contributed by atoms with Crippen LogP contribution in [0, 0.1) is 0 Å². The first kappa shape index (κ1) is 20.6. The number of halogens is 2. The van der Waals surface area contributed by atoms with Crippen molar-refractivity contribution in [1.29, 1.82) is 0 Å². The summed E-state index contributed by atoms with van der Waals surface area (Å²) in [4.78, 5) is 24.4. The first-order valence-corrected chi connectivity index (χ1v) is 9.71. The normalized spacial score (nSPS) is 15.7. The molecule has 0 spiro atoms. The highest BCUT2D eigenvalue weighted by Crippen LogP contribution is 2.39. The van der Waals surface area contributed by atoms with Crippen LogP contribution in [0.2, 0.25) is 10.0 Å². The molecule has 7 heteroatoms. The summed E-state index contributed by atoms with van der Waals surface area (Å²) in [5, 5.41) is 4.14. The second-order valence-corrected chi connectivity index (χ2v) is 7.62. The number of rotatable bonds is 5. The van der Waals surface area contributed by atoms with Gasteiger partial charge >= 0.3 is 5.97 Å². The van der Waals surface area contributed by atoms with Crippen molar-refractivity contribution in [3.63, 3.8) is 0 Å². The van der Waals surface area contributed by atoms with Crippen molar-refractivity contribution in [2.45, 2.75) is 18.3 Å². The van der Waals surface area contributed by atoms with Gasteiger partial charge in [0, 0.05) is 40.8 Å². The Bertz CT molecular complexity index is 878. The van der Waals surface area contributed by atoms with E-state index in [1.165, 1.54) is 13.2 Å². The van der Waals surface area contributed by atoms with E-state index in [4.69, 9.17) is 32.7 Å². The summed E-state index contributed by atoms with van der Waals surface area (Å²) in [6, 6.07) is 11.9. The van der Waals surface area contributed by atoms with Gasteiger partial charge in [-0.3, -0.25) is 4.79 Å². The minimum absolute atomic E-state index is 0.262. The van der Waals surface area contributed by atoms with Gasteiger partial charge in [-0.2, -0.15) is 0 Å². The molecule has 2 aromatic rings. The maximum absolute atomic E-state index is 12.7. The average molecular weight is 422 g/mol. The van der Waals surface area contributed by atoms with Crippen molar-refractivity contribution < 1.29 is 19.1 Å². The third-order valence-corrected chi connectivity index (χ3v) is 5.63. The van der Waals surface area contributed by atoms with Crippen molar-refractivity contribution in [2.24, 2.45) is 0 Å². The molecule has 0 aliphatic carbocycles. The van der Waals surface area contributed by atoms with Gasteiger partial charge < -0.3 is 14.8 Å². The molecule has 1 aliphatic heterocycles. The van der Waals surface area contributed by atoms with Gasteiger partial charge in [-0.25, -0.2) is 4.79 Å². The van der Waals surface area contributed by atoms with Crippen LogP contribution in [0.5, 0.6) is 0 Å². The van der Waals surface area contributed by atoms with Crippen LogP contribution in [-0.2, 0) is 14.9 Å². The average Bonchev–Trinajstić information content (AvgIpc) is 2.72. The lowest BCUT2D eigenvalue weighted by Gasteiger charge is -2.38. The zero-order chi connectivity index (χ0) is 20.1. The zero-order valence-corrected chi connectivity index (χ0v) is 17.0. The van der Waals surface area contributed by atoms with Gasteiger partial charge in [-0.1, -0.05) is 35.3 Å². The topological polar surface area (TPSA) is 64.6 Å². The van der Waals surface area contributed by atoms with E-state index in [1.807, 2.05) is 12.1 Å². The second-order valence-electron chi connectivity index (χ2n) is 6.77. The molecule has 1 aliphatic rings. The smallest absolute Gasteiger partial charge is 0.337 e. The quantitative estimate of drug-likeness (QED) is 0.732. The molecule has 2 aromatic carbocycles. The van der Waals surface area contributed by atoms with Crippen LogP contribution < -0.4 is 5.32 Å². The number of hydrogen-bond acceptors (Lipinski definition) is 4. The highest BCUT2D eigenvalue weighted by molar-refractivity contribution is 6.35. The molecule has 0 atom stereocenters. The third-order valence-electron chi connectivity index (χ3n) is 5.09. The lowest BCUT2D eigenvalue weighted by molar-refractivity contribution is 0.0487. The molecule has 3 rings (SSSR count). The van der Waals surface area contributed by atoms with Gasteiger partial charge in [0.05, 0.1) is 12.7 Å². The largest absolute Gasteiger partial charge is 0.465 e. The Morgan fingerprint density at radius 2 is 1.82 bits per heavy atom. The molecule has 0 radical (unpaired) electrons. The molecular formula is C21H21Cl2NO4. The summed E-state index contributed by atoms with van der Waals surface area (Å²) in [7, 11) is 1.31. The van der Waals surface area contributed by atoms with Crippen molar-refractivity contribution in [3.8, 4) is 0 Å². The summed E-state index contributed by atoms with van der Waals surface area (Å²) < 4.78 is 10.2. The van der Waals surface area contributed by atoms with E-state index in [1.54, 1.807) is 24.3 Å². The Hall–Kier alpha value is -2.08. The predicted molar refractivity (Wildman–Crippen MR) is 108 cm³/mol. The van der Waals surface area contributed by atoms with E-state index in [-0.39, 0.29) is 11.3 Å². The van der Waals surface area contributed by atoms with Crippen LogP contribution >= 0.6 is 23.2 Å². The van der Waals surface area contributed by atoms with E-state index in [0.717, 1.165) is 18.4 Å². The molecule has 28 heavy (non-hydrogen) atoms. The molecule has 0 bridgehead atoms. The Morgan fingerprint density at radius 1 is 1.11 bits per heavy atom. The first-order valence-electron chi connectivity index (χ1n) is 8.95. The summed E-state index contributed by atoms with van der Waals surface area (Å²) in [6.07, 6.45) is 1.47. The Kier molecular flexibility index (Phi) is 6.60. The van der Waals surface area contributed by atoms with Gasteiger partial charge in [0.1, 0.15) is 0 Å². The second kappa shape index (κ2) is 8.95. The SMILES string of the molecule is COC(=O)c1cccc(C(=O)NCC2(c3ccc(Cl)cc3Cl)CCOCC2)c1. The summed E-state index contributed by atoms with van der Waals surface area (Å²) in [5.74, 6) is -0.745. The van der Waals surface area contributed by atoms with Crippen molar-refractivity contribution in [1.82, 2.24) is 5.32 Å². The lowest BCUT2D eigenvalue weighted by Crippen LogP contribution is -2.44. The number of hydrogen-bond donors (Lipinski definition) is 1. The minimum atomic E-state index is -0.483. The highest BCUT2D eigenvalue weighted by Gasteiger charge is 2.36. The third kappa shape index (κ3) is 4.49. The van der Waals surface area contributed by atoms with Gasteiger partial charge in [0.15, 0.2) is 0 Å². The van der Waals surface area contributed by atoms with Crippen LogP contribution in [0.25, 0.3) is 0 Å². The van der Waals surface area contributed by atoms with Crippen molar-refractivity contribution >= 4 is 35.1 Å². The Morgan fingerprint density at radius 3 is 2.50 bits per heavy atom. The van der Waals surface area contributed by atoms with Gasteiger partial charge in [-0.05, 0) is 48.7 Å². The number of ether oxygens (including phenoxy) is 2. The molecule has 5 nitrogen and oxygen atoms in total. The molecule has 148 valence electrons. The molecule has 1 saturated heterocycles. The standard InChI is InChI=1S/C21H21Cl2NO4/c1-27-20(26)15-4-2-3-14(11-15)19(25)24-13-21(7-9-28-10-8-21)17-6-5-16(22)12-18(17)23/h2-6,11-12H,7-10,13H2,1H3,(H,24,25).